The van der Waals surface area contributed by atoms with Crippen LogP contribution in [0.5, 0.6) is 0 Å². The predicted octanol–water partition coefficient (Wildman–Crippen LogP) is 4.60. The van der Waals surface area contributed by atoms with Gasteiger partial charge in [-0.2, -0.15) is 0 Å². The molecule has 3 aromatic rings. The summed E-state index contributed by atoms with van der Waals surface area (Å²) in [5.74, 6) is 0.355. The minimum Gasteiger partial charge on any atom is -0.301 e. The van der Waals surface area contributed by atoms with Gasteiger partial charge in [0.25, 0.3) is 0 Å². The second kappa shape index (κ2) is 6.89. The third kappa shape index (κ3) is 3.93. The summed E-state index contributed by atoms with van der Waals surface area (Å²) in [5, 5.41) is 7.48. The van der Waals surface area contributed by atoms with Gasteiger partial charge in [0.05, 0.1) is 16.3 Å². The van der Waals surface area contributed by atoms with Crippen molar-refractivity contribution in [2.45, 2.75) is 4.90 Å². The Labute approximate surface area is 135 Å². The lowest BCUT2D eigenvalue weighted by Crippen LogP contribution is -2.13. The standard InChI is InChI=1S/C15H12N2OS3/c18-14(10-20-11-5-2-1-3-6-11)17-15-16-12(9-21-15)13-7-4-8-19-13/h1-9H,10H2,(H,16,17,18). The molecular formula is C15H12N2OS3. The van der Waals surface area contributed by atoms with E-state index in [4.69, 9.17) is 0 Å². The fraction of sp³-hybridized carbons (Fsp3) is 0.0667. The maximum Gasteiger partial charge on any atom is 0.236 e. The molecular weight excluding hydrogens is 320 g/mol. The van der Waals surface area contributed by atoms with E-state index in [0.717, 1.165) is 15.5 Å². The predicted molar refractivity (Wildman–Crippen MR) is 91.2 cm³/mol. The van der Waals surface area contributed by atoms with Crippen molar-refractivity contribution in [3.05, 3.63) is 53.2 Å². The zero-order valence-corrected chi connectivity index (χ0v) is 13.4. The number of carbonyl (C=O) groups is 1. The average molecular weight is 332 g/mol. The van der Waals surface area contributed by atoms with Crippen LogP contribution in [0.25, 0.3) is 10.6 Å². The van der Waals surface area contributed by atoms with Gasteiger partial charge in [0.15, 0.2) is 5.13 Å². The maximum absolute atomic E-state index is 11.9. The minimum atomic E-state index is -0.0315. The van der Waals surface area contributed by atoms with Crippen molar-refractivity contribution < 1.29 is 4.79 Å². The van der Waals surface area contributed by atoms with Gasteiger partial charge in [-0.05, 0) is 23.6 Å². The number of hydrogen-bond donors (Lipinski definition) is 1. The lowest BCUT2D eigenvalue weighted by Gasteiger charge is -2.01. The molecule has 2 heterocycles. The molecule has 0 unspecified atom stereocenters. The fourth-order valence-electron chi connectivity index (χ4n) is 1.69. The Morgan fingerprint density at radius 3 is 2.76 bits per heavy atom. The van der Waals surface area contributed by atoms with Crippen LogP contribution >= 0.6 is 34.4 Å². The van der Waals surface area contributed by atoms with E-state index in [1.165, 1.54) is 23.1 Å². The van der Waals surface area contributed by atoms with Crippen molar-refractivity contribution in [1.82, 2.24) is 4.98 Å². The first-order valence-corrected chi connectivity index (χ1v) is 9.03. The van der Waals surface area contributed by atoms with Crippen LogP contribution in [-0.4, -0.2) is 16.6 Å². The molecule has 0 radical (unpaired) electrons. The highest BCUT2D eigenvalue weighted by Gasteiger charge is 2.09. The molecule has 0 bridgehead atoms. The van der Waals surface area contributed by atoms with Gasteiger partial charge in [0, 0.05) is 10.3 Å². The van der Waals surface area contributed by atoms with Crippen LogP contribution < -0.4 is 5.32 Å². The summed E-state index contributed by atoms with van der Waals surface area (Å²) in [6, 6.07) is 13.9. The highest BCUT2D eigenvalue weighted by Crippen LogP contribution is 2.28. The Balaban J connectivity index is 1.55. The number of rotatable bonds is 5. The molecule has 0 spiro atoms. The molecule has 2 aromatic heterocycles. The summed E-state index contributed by atoms with van der Waals surface area (Å²) in [6.07, 6.45) is 0. The third-order valence-electron chi connectivity index (χ3n) is 2.64. The molecule has 0 fully saturated rings. The number of thiophene rings is 1. The van der Waals surface area contributed by atoms with E-state index < -0.39 is 0 Å². The monoisotopic (exact) mass is 332 g/mol. The van der Waals surface area contributed by atoms with E-state index in [1.807, 2.05) is 53.2 Å². The molecule has 3 nitrogen and oxygen atoms in total. The molecule has 0 aliphatic rings. The Hall–Kier alpha value is -1.63. The van der Waals surface area contributed by atoms with E-state index in [2.05, 4.69) is 10.3 Å². The molecule has 0 saturated heterocycles. The molecule has 0 saturated carbocycles. The normalized spacial score (nSPS) is 10.5. The Kier molecular flexibility index (Phi) is 4.69. The van der Waals surface area contributed by atoms with Crippen LogP contribution in [0.4, 0.5) is 5.13 Å². The second-order valence-corrected chi connectivity index (χ2v) is 7.02. The summed E-state index contributed by atoms with van der Waals surface area (Å²) in [5.41, 5.74) is 0.918. The molecule has 6 heteroatoms. The summed E-state index contributed by atoms with van der Waals surface area (Å²) >= 11 is 4.61. The molecule has 0 aliphatic heterocycles. The molecule has 0 atom stereocenters. The fourth-order valence-corrected chi connectivity index (χ4v) is 3.90. The van der Waals surface area contributed by atoms with Crippen molar-refractivity contribution in [3.63, 3.8) is 0 Å². The summed E-state index contributed by atoms with van der Waals surface area (Å²) in [7, 11) is 0. The van der Waals surface area contributed by atoms with Crippen molar-refractivity contribution in [3.8, 4) is 10.6 Å². The van der Waals surface area contributed by atoms with Crippen LogP contribution in [0, 0.1) is 0 Å². The molecule has 21 heavy (non-hydrogen) atoms. The van der Waals surface area contributed by atoms with Gasteiger partial charge in [-0.3, -0.25) is 4.79 Å². The van der Waals surface area contributed by atoms with Gasteiger partial charge >= 0.3 is 0 Å². The first kappa shape index (κ1) is 14.3. The molecule has 106 valence electrons. The highest BCUT2D eigenvalue weighted by atomic mass is 32.2. The number of thioether (sulfide) groups is 1. The Morgan fingerprint density at radius 1 is 1.14 bits per heavy atom. The zero-order valence-electron chi connectivity index (χ0n) is 11.0. The molecule has 1 amide bonds. The van der Waals surface area contributed by atoms with Crippen molar-refractivity contribution in [1.29, 1.82) is 0 Å². The highest BCUT2D eigenvalue weighted by molar-refractivity contribution is 8.00. The van der Waals surface area contributed by atoms with Gasteiger partial charge in [-0.15, -0.1) is 34.4 Å². The van der Waals surface area contributed by atoms with Crippen LogP contribution in [0.1, 0.15) is 0 Å². The SMILES string of the molecule is O=C(CSc1ccccc1)Nc1nc(-c2cccs2)cs1. The van der Waals surface area contributed by atoms with Gasteiger partial charge in [-0.25, -0.2) is 4.98 Å². The number of anilines is 1. The van der Waals surface area contributed by atoms with E-state index in [1.54, 1.807) is 11.3 Å². The zero-order chi connectivity index (χ0) is 14.5. The van der Waals surface area contributed by atoms with Crippen LogP contribution in [-0.2, 0) is 4.79 Å². The number of benzene rings is 1. The molecule has 1 aromatic carbocycles. The number of aromatic nitrogens is 1. The molecule has 0 aliphatic carbocycles. The molecule has 3 rings (SSSR count). The first-order valence-electron chi connectivity index (χ1n) is 6.28. The van der Waals surface area contributed by atoms with E-state index in [9.17, 15) is 4.79 Å². The maximum atomic E-state index is 11.9. The topological polar surface area (TPSA) is 42.0 Å². The second-order valence-electron chi connectivity index (χ2n) is 4.17. The quantitative estimate of drug-likeness (QED) is 0.694. The number of nitrogens with one attached hydrogen (secondary N) is 1. The van der Waals surface area contributed by atoms with Crippen LogP contribution in [0.3, 0.4) is 0 Å². The summed E-state index contributed by atoms with van der Waals surface area (Å²) in [6.45, 7) is 0. The smallest absolute Gasteiger partial charge is 0.236 e. The Morgan fingerprint density at radius 2 is 2.00 bits per heavy atom. The first-order chi connectivity index (χ1) is 10.3. The number of nitrogens with zero attached hydrogens (tertiary/aromatic N) is 1. The largest absolute Gasteiger partial charge is 0.301 e. The lowest BCUT2D eigenvalue weighted by atomic mass is 10.4. The van der Waals surface area contributed by atoms with Crippen molar-refractivity contribution >= 4 is 45.5 Å². The van der Waals surface area contributed by atoms with Crippen LogP contribution in [0.2, 0.25) is 0 Å². The van der Waals surface area contributed by atoms with E-state index >= 15 is 0 Å². The van der Waals surface area contributed by atoms with E-state index in [0.29, 0.717) is 10.9 Å². The Bertz CT molecular complexity index is 708. The van der Waals surface area contributed by atoms with Crippen molar-refractivity contribution in [2.75, 3.05) is 11.1 Å². The van der Waals surface area contributed by atoms with Gasteiger partial charge in [-0.1, -0.05) is 24.3 Å². The van der Waals surface area contributed by atoms with Gasteiger partial charge < -0.3 is 5.32 Å². The van der Waals surface area contributed by atoms with Crippen LogP contribution in [0.15, 0.2) is 58.1 Å². The number of carbonyl (C=O) groups excluding carboxylic acids is 1. The van der Waals surface area contributed by atoms with E-state index in [-0.39, 0.29) is 5.91 Å². The number of hydrogen-bond acceptors (Lipinski definition) is 5. The minimum absolute atomic E-state index is 0.0315. The van der Waals surface area contributed by atoms with Gasteiger partial charge in [0.2, 0.25) is 5.91 Å². The molecule has 1 N–H and O–H groups in total. The number of amides is 1. The lowest BCUT2D eigenvalue weighted by molar-refractivity contribution is -0.113. The number of thiazole rings is 1. The summed E-state index contributed by atoms with van der Waals surface area (Å²) < 4.78 is 0. The summed E-state index contributed by atoms with van der Waals surface area (Å²) in [4.78, 5) is 18.6. The third-order valence-corrected chi connectivity index (χ3v) is 5.30. The van der Waals surface area contributed by atoms with Crippen molar-refractivity contribution in [2.24, 2.45) is 0 Å². The van der Waals surface area contributed by atoms with Gasteiger partial charge in [0.1, 0.15) is 0 Å². The average Bonchev–Trinajstić information content (AvgIpc) is 3.17.